The van der Waals surface area contributed by atoms with Crippen molar-refractivity contribution in [2.75, 3.05) is 26.2 Å². The standard InChI is InChI=1S/C24H31N3O/c28-23(22-17-24(18-27-22)12-15-25-16-13-24)26-14-11-21(19-7-3-1-4-8-19)20-9-5-2-6-10-20/h1-10,21-22,25,27H,11-18H2,(H,26,28)/t22-/m0/s1. The molecule has 3 N–H and O–H groups in total. The summed E-state index contributed by atoms with van der Waals surface area (Å²) in [7, 11) is 0. The predicted octanol–water partition coefficient (Wildman–Crippen LogP) is 3.06. The first-order valence-corrected chi connectivity index (χ1v) is 10.6. The fraction of sp³-hybridized carbons (Fsp3) is 0.458. The Morgan fingerprint density at radius 2 is 1.61 bits per heavy atom. The lowest BCUT2D eigenvalue weighted by atomic mass is 9.77. The summed E-state index contributed by atoms with van der Waals surface area (Å²) in [6, 6.07) is 21.1. The minimum Gasteiger partial charge on any atom is -0.355 e. The lowest BCUT2D eigenvalue weighted by molar-refractivity contribution is -0.123. The second-order valence-electron chi connectivity index (χ2n) is 8.34. The molecule has 1 amide bonds. The third-order valence-electron chi connectivity index (χ3n) is 6.48. The van der Waals surface area contributed by atoms with E-state index in [1.807, 2.05) is 0 Å². The fourth-order valence-electron chi connectivity index (χ4n) is 4.80. The molecular weight excluding hydrogens is 346 g/mol. The zero-order valence-corrected chi connectivity index (χ0v) is 16.5. The van der Waals surface area contributed by atoms with E-state index in [9.17, 15) is 4.79 Å². The fourth-order valence-corrected chi connectivity index (χ4v) is 4.80. The lowest BCUT2D eigenvalue weighted by Gasteiger charge is -2.33. The molecule has 0 unspecified atom stereocenters. The first kappa shape index (κ1) is 19.2. The third kappa shape index (κ3) is 4.45. The number of hydrogen-bond donors (Lipinski definition) is 3. The molecule has 1 atom stereocenters. The molecule has 4 nitrogen and oxygen atoms in total. The maximum Gasteiger partial charge on any atom is 0.237 e. The topological polar surface area (TPSA) is 53.2 Å². The predicted molar refractivity (Wildman–Crippen MR) is 113 cm³/mol. The molecule has 4 heteroatoms. The molecule has 0 radical (unpaired) electrons. The minimum atomic E-state index is -0.0370. The van der Waals surface area contributed by atoms with Crippen molar-refractivity contribution in [1.29, 1.82) is 0 Å². The summed E-state index contributed by atoms with van der Waals surface area (Å²) < 4.78 is 0. The number of amides is 1. The van der Waals surface area contributed by atoms with Gasteiger partial charge in [-0.25, -0.2) is 0 Å². The molecule has 0 aromatic heterocycles. The Labute approximate surface area is 168 Å². The molecular formula is C24H31N3O. The van der Waals surface area contributed by atoms with Crippen molar-refractivity contribution in [3.05, 3.63) is 71.8 Å². The van der Waals surface area contributed by atoms with Crippen LogP contribution in [0.4, 0.5) is 0 Å². The number of hydrogen-bond acceptors (Lipinski definition) is 3. The van der Waals surface area contributed by atoms with E-state index < -0.39 is 0 Å². The molecule has 2 aliphatic rings. The quantitative estimate of drug-likeness (QED) is 0.725. The molecule has 148 valence electrons. The zero-order valence-electron chi connectivity index (χ0n) is 16.5. The number of piperidine rings is 1. The first-order chi connectivity index (χ1) is 13.8. The normalized spacial score (nSPS) is 21.1. The number of carbonyl (C=O) groups is 1. The molecule has 2 fully saturated rings. The number of nitrogens with one attached hydrogen (secondary N) is 3. The van der Waals surface area contributed by atoms with Crippen molar-refractivity contribution >= 4 is 5.91 Å². The van der Waals surface area contributed by atoms with Crippen molar-refractivity contribution in [3.8, 4) is 0 Å². The summed E-state index contributed by atoms with van der Waals surface area (Å²) in [5.74, 6) is 0.463. The van der Waals surface area contributed by atoms with E-state index in [0.717, 1.165) is 32.5 Å². The van der Waals surface area contributed by atoms with Gasteiger partial charge >= 0.3 is 0 Å². The molecule has 2 aromatic rings. The molecule has 0 bridgehead atoms. The van der Waals surface area contributed by atoms with Crippen LogP contribution in [0.2, 0.25) is 0 Å². The number of carbonyl (C=O) groups excluding carboxylic acids is 1. The van der Waals surface area contributed by atoms with Crippen LogP contribution in [0.1, 0.15) is 42.7 Å². The molecule has 0 saturated carbocycles. The van der Waals surface area contributed by atoms with Crippen LogP contribution in [0.25, 0.3) is 0 Å². The number of rotatable bonds is 6. The van der Waals surface area contributed by atoms with Gasteiger partial charge < -0.3 is 16.0 Å². The highest BCUT2D eigenvalue weighted by molar-refractivity contribution is 5.82. The zero-order chi connectivity index (χ0) is 19.2. The van der Waals surface area contributed by atoms with Crippen LogP contribution >= 0.6 is 0 Å². The van der Waals surface area contributed by atoms with Crippen LogP contribution in [-0.2, 0) is 4.79 Å². The Hall–Kier alpha value is -2.17. The van der Waals surface area contributed by atoms with Gasteiger partial charge in [0, 0.05) is 19.0 Å². The highest BCUT2D eigenvalue weighted by Gasteiger charge is 2.41. The average molecular weight is 378 g/mol. The SMILES string of the molecule is O=C(NCCC(c1ccccc1)c1ccccc1)[C@@H]1CC2(CCNCC2)CN1. The minimum absolute atomic E-state index is 0.0370. The summed E-state index contributed by atoms with van der Waals surface area (Å²) in [6.07, 6.45) is 4.23. The van der Waals surface area contributed by atoms with Gasteiger partial charge in [0.2, 0.25) is 5.91 Å². The van der Waals surface area contributed by atoms with Crippen LogP contribution in [0.5, 0.6) is 0 Å². The highest BCUT2D eigenvalue weighted by Crippen LogP contribution is 2.37. The van der Waals surface area contributed by atoms with E-state index in [1.165, 1.54) is 24.0 Å². The summed E-state index contributed by atoms with van der Waals surface area (Å²) in [4.78, 5) is 12.7. The van der Waals surface area contributed by atoms with Crippen LogP contribution in [0.15, 0.2) is 60.7 Å². The molecule has 2 heterocycles. The van der Waals surface area contributed by atoms with E-state index in [2.05, 4.69) is 76.6 Å². The van der Waals surface area contributed by atoms with Crippen LogP contribution < -0.4 is 16.0 Å². The third-order valence-corrected chi connectivity index (χ3v) is 6.48. The van der Waals surface area contributed by atoms with E-state index in [-0.39, 0.29) is 11.9 Å². The molecule has 2 saturated heterocycles. The molecule has 4 rings (SSSR count). The Kier molecular flexibility index (Phi) is 6.08. The first-order valence-electron chi connectivity index (χ1n) is 10.6. The van der Waals surface area contributed by atoms with Crippen molar-refractivity contribution in [1.82, 2.24) is 16.0 Å². The van der Waals surface area contributed by atoms with Crippen LogP contribution in [0, 0.1) is 5.41 Å². The molecule has 0 aliphatic carbocycles. The van der Waals surface area contributed by atoms with Gasteiger partial charge in [0.1, 0.15) is 0 Å². The van der Waals surface area contributed by atoms with Gasteiger partial charge in [-0.05, 0) is 55.3 Å². The summed E-state index contributed by atoms with van der Waals surface area (Å²) >= 11 is 0. The second-order valence-corrected chi connectivity index (χ2v) is 8.34. The van der Waals surface area contributed by atoms with Crippen LogP contribution in [0.3, 0.4) is 0 Å². The Bertz CT molecular complexity index is 716. The maximum atomic E-state index is 12.7. The smallest absolute Gasteiger partial charge is 0.237 e. The van der Waals surface area contributed by atoms with E-state index in [4.69, 9.17) is 0 Å². The summed E-state index contributed by atoms with van der Waals surface area (Å²) in [6.45, 7) is 3.82. The van der Waals surface area contributed by atoms with Gasteiger partial charge in [0.25, 0.3) is 0 Å². The second kappa shape index (κ2) is 8.89. The summed E-state index contributed by atoms with van der Waals surface area (Å²) in [5.41, 5.74) is 2.93. The molecule has 28 heavy (non-hydrogen) atoms. The molecule has 1 spiro atoms. The lowest BCUT2D eigenvalue weighted by Crippen LogP contribution is -2.41. The van der Waals surface area contributed by atoms with Crippen molar-refractivity contribution in [2.24, 2.45) is 5.41 Å². The largest absolute Gasteiger partial charge is 0.355 e. The Balaban J connectivity index is 1.34. The Morgan fingerprint density at radius 1 is 1.00 bits per heavy atom. The van der Waals surface area contributed by atoms with E-state index in [1.54, 1.807) is 0 Å². The molecule has 2 aliphatic heterocycles. The van der Waals surface area contributed by atoms with Gasteiger partial charge in [-0.15, -0.1) is 0 Å². The van der Waals surface area contributed by atoms with Crippen molar-refractivity contribution in [2.45, 2.75) is 37.6 Å². The van der Waals surface area contributed by atoms with Gasteiger partial charge in [-0.2, -0.15) is 0 Å². The maximum absolute atomic E-state index is 12.7. The van der Waals surface area contributed by atoms with Gasteiger partial charge in [0.05, 0.1) is 6.04 Å². The van der Waals surface area contributed by atoms with Crippen molar-refractivity contribution < 1.29 is 4.79 Å². The Morgan fingerprint density at radius 3 is 2.21 bits per heavy atom. The average Bonchev–Trinajstić information content (AvgIpc) is 3.16. The summed E-state index contributed by atoms with van der Waals surface area (Å²) in [5, 5.41) is 10.1. The van der Waals surface area contributed by atoms with Gasteiger partial charge in [-0.1, -0.05) is 60.7 Å². The number of benzene rings is 2. The van der Waals surface area contributed by atoms with Gasteiger partial charge in [0.15, 0.2) is 0 Å². The van der Waals surface area contributed by atoms with Gasteiger partial charge in [-0.3, -0.25) is 4.79 Å². The van der Waals surface area contributed by atoms with E-state index in [0.29, 0.717) is 17.9 Å². The monoisotopic (exact) mass is 377 g/mol. The van der Waals surface area contributed by atoms with E-state index >= 15 is 0 Å². The van der Waals surface area contributed by atoms with Crippen LogP contribution in [-0.4, -0.2) is 38.1 Å². The van der Waals surface area contributed by atoms with Crippen molar-refractivity contribution in [3.63, 3.8) is 0 Å². The highest BCUT2D eigenvalue weighted by atomic mass is 16.2. The molecule has 2 aromatic carbocycles.